The van der Waals surface area contributed by atoms with Gasteiger partial charge < -0.3 is 15.3 Å². The average molecular weight is 270 g/mol. The first-order chi connectivity index (χ1) is 9.04. The van der Waals surface area contributed by atoms with Crippen molar-refractivity contribution in [3.8, 4) is 0 Å². The minimum Gasteiger partial charge on any atom is -0.481 e. The number of carboxylic acids is 1. The third kappa shape index (κ3) is 5.59. The van der Waals surface area contributed by atoms with Gasteiger partial charge in [-0.15, -0.1) is 0 Å². The van der Waals surface area contributed by atoms with Crippen LogP contribution in [0, 0.1) is 11.8 Å². The van der Waals surface area contributed by atoms with Crippen LogP contribution in [-0.2, 0) is 9.59 Å². The van der Waals surface area contributed by atoms with Gasteiger partial charge in [-0.3, -0.25) is 9.59 Å². The lowest BCUT2D eigenvalue weighted by Crippen LogP contribution is -2.42. The van der Waals surface area contributed by atoms with Gasteiger partial charge in [-0.05, 0) is 31.2 Å². The quantitative estimate of drug-likeness (QED) is 0.685. The number of carbonyl (C=O) groups excluding carboxylic acids is 1. The van der Waals surface area contributed by atoms with Crippen LogP contribution in [0.3, 0.4) is 0 Å². The molecule has 1 amide bonds. The minimum atomic E-state index is -0.747. The van der Waals surface area contributed by atoms with Crippen molar-refractivity contribution in [1.29, 1.82) is 0 Å². The SMILES string of the molecule is CCNCCC(=O)N1CCCC(C(C)CC(=O)O)C1. The van der Waals surface area contributed by atoms with Gasteiger partial charge in [-0.2, -0.15) is 0 Å². The molecule has 2 N–H and O–H groups in total. The van der Waals surface area contributed by atoms with E-state index in [0.29, 0.717) is 12.3 Å². The molecule has 1 aliphatic heterocycles. The number of nitrogens with zero attached hydrogens (tertiary/aromatic N) is 1. The van der Waals surface area contributed by atoms with Crippen molar-refractivity contribution in [2.24, 2.45) is 11.8 Å². The maximum atomic E-state index is 12.0. The minimum absolute atomic E-state index is 0.141. The number of piperidine rings is 1. The Morgan fingerprint density at radius 2 is 2.21 bits per heavy atom. The molecule has 0 radical (unpaired) electrons. The summed E-state index contributed by atoms with van der Waals surface area (Å²) in [5.74, 6) is -0.0916. The zero-order valence-corrected chi connectivity index (χ0v) is 12.0. The molecule has 110 valence electrons. The number of hydrogen-bond acceptors (Lipinski definition) is 3. The maximum Gasteiger partial charge on any atom is 0.303 e. The van der Waals surface area contributed by atoms with Gasteiger partial charge in [-0.1, -0.05) is 13.8 Å². The highest BCUT2D eigenvalue weighted by atomic mass is 16.4. The highest BCUT2D eigenvalue weighted by molar-refractivity contribution is 5.76. The Bertz CT molecular complexity index is 307. The molecule has 1 aliphatic rings. The van der Waals surface area contributed by atoms with Gasteiger partial charge in [0.1, 0.15) is 0 Å². The molecule has 0 bridgehead atoms. The number of carbonyl (C=O) groups is 2. The van der Waals surface area contributed by atoms with Crippen molar-refractivity contribution in [1.82, 2.24) is 10.2 Å². The number of rotatable bonds is 7. The van der Waals surface area contributed by atoms with E-state index in [-0.39, 0.29) is 18.2 Å². The Labute approximate surface area is 115 Å². The van der Waals surface area contributed by atoms with Gasteiger partial charge in [0.2, 0.25) is 5.91 Å². The number of hydrogen-bond donors (Lipinski definition) is 2. The average Bonchev–Trinajstić information content (AvgIpc) is 2.38. The summed E-state index contributed by atoms with van der Waals surface area (Å²) in [5, 5.41) is 12.0. The van der Waals surface area contributed by atoms with E-state index in [4.69, 9.17) is 5.11 Å². The predicted molar refractivity (Wildman–Crippen MR) is 73.9 cm³/mol. The molecular weight excluding hydrogens is 244 g/mol. The lowest BCUT2D eigenvalue weighted by molar-refractivity contribution is -0.138. The van der Waals surface area contributed by atoms with Crippen LogP contribution in [0.5, 0.6) is 0 Å². The van der Waals surface area contributed by atoms with E-state index in [1.807, 2.05) is 18.7 Å². The van der Waals surface area contributed by atoms with Crippen LogP contribution < -0.4 is 5.32 Å². The van der Waals surface area contributed by atoms with Crippen molar-refractivity contribution < 1.29 is 14.7 Å². The third-order valence-corrected chi connectivity index (χ3v) is 3.88. The summed E-state index contributed by atoms with van der Waals surface area (Å²) >= 11 is 0. The van der Waals surface area contributed by atoms with E-state index >= 15 is 0 Å². The van der Waals surface area contributed by atoms with Gasteiger partial charge >= 0.3 is 5.97 Å². The van der Waals surface area contributed by atoms with Gasteiger partial charge in [-0.25, -0.2) is 0 Å². The summed E-state index contributed by atoms with van der Waals surface area (Å²) in [6, 6.07) is 0. The van der Waals surface area contributed by atoms with E-state index in [0.717, 1.165) is 39.0 Å². The maximum absolute atomic E-state index is 12.0. The smallest absolute Gasteiger partial charge is 0.303 e. The standard InChI is InChI=1S/C14H26N2O3/c1-3-15-7-6-13(17)16-8-4-5-12(10-16)11(2)9-14(18)19/h11-12,15H,3-10H2,1-2H3,(H,18,19). The molecule has 2 atom stereocenters. The molecule has 0 aromatic carbocycles. The number of aliphatic carboxylic acids is 1. The van der Waals surface area contributed by atoms with Crippen LogP contribution in [-0.4, -0.2) is 48.1 Å². The van der Waals surface area contributed by atoms with Crippen LogP contribution >= 0.6 is 0 Å². The number of carboxylic acid groups (broad SMARTS) is 1. The second kappa shape index (κ2) is 8.15. The molecule has 5 heteroatoms. The normalized spacial score (nSPS) is 21.2. The lowest BCUT2D eigenvalue weighted by Gasteiger charge is -2.35. The number of likely N-dealkylation sites (tertiary alicyclic amines) is 1. The molecule has 0 aromatic rings. The lowest BCUT2D eigenvalue weighted by atomic mass is 9.84. The summed E-state index contributed by atoms with van der Waals surface area (Å²) in [7, 11) is 0. The fourth-order valence-corrected chi connectivity index (χ4v) is 2.67. The molecule has 0 aromatic heterocycles. The topological polar surface area (TPSA) is 69.6 Å². The van der Waals surface area contributed by atoms with Gasteiger partial charge in [0.05, 0.1) is 0 Å². The van der Waals surface area contributed by atoms with Crippen LogP contribution in [0.1, 0.15) is 39.5 Å². The van der Waals surface area contributed by atoms with Crippen molar-refractivity contribution in [2.75, 3.05) is 26.2 Å². The van der Waals surface area contributed by atoms with Crippen LogP contribution in [0.4, 0.5) is 0 Å². The first kappa shape index (κ1) is 16.0. The van der Waals surface area contributed by atoms with E-state index in [9.17, 15) is 9.59 Å². The zero-order valence-electron chi connectivity index (χ0n) is 12.0. The second-order valence-electron chi connectivity index (χ2n) is 5.42. The van der Waals surface area contributed by atoms with Crippen molar-refractivity contribution in [3.05, 3.63) is 0 Å². The Balaban J connectivity index is 2.40. The molecular formula is C14H26N2O3. The largest absolute Gasteiger partial charge is 0.481 e. The molecule has 1 heterocycles. The third-order valence-electron chi connectivity index (χ3n) is 3.88. The molecule has 0 saturated carbocycles. The van der Waals surface area contributed by atoms with E-state index in [1.54, 1.807) is 0 Å². The van der Waals surface area contributed by atoms with E-state index in [1.165, 1.54) is 0 Å². The molecule has 1 fully saturated rings. The van der Waals surface area contributed by atoms with Crippen LogP contribution in [0.25, 0.3) is 0 Å². The molecule has 19 heavy (non-hydrogen) atoms. The van der Waals surface area contributed by atoms with Gasteiger partial charge in [0.15, 0.2) is 0 Å². The van der Waals surface area contributed by atoms with Crippen molar-refractivity contribution in [2.45, 2.75) is 39.5 Å². The van der Waals surface area contributed by atoms with E-state index < -0.39 is 5.97 Å². The Hall–Kier alpha value is -1.10. The number of amides is 1. The fourth-order valence-electron chi connectivity index (χ4n) is 2.67. The first-order valence-electron chi connectivity index (χ1n) is 7.24. The fraction of sp³-hybridized carbons (Fsp3) is 0.857. The van der Waals surface area contributed by atoms with Crippen LogP contribution in [0.2, 0.25) is 0 Å². The van der Waals surface area contributed by atoms with Gasteiger partial charge in [0, 0.05) is 32.5 Å². The number of nitrogens with one attached hydrogen (secondary N) is 1. The molecule has 2 unspecified atom stereocenters. The van der Waals surface area contributed by atoms with Gasteiger partial charge in [0.25, 0.3) is 0 Å². The monoisotopic (exact) mass is 270 g/mol. The molecule has 0 spiro atoms. The molecule has 1 rings (SSSR count). The predicted octanol–water partition coefficient (Wildman–Crippen LogP) is 1.34. The summed E-state index contributed by atoms with van der Waals surface area (Å²) in [6.45, 7) is 7.15. The Morgan fingerprint density at radius 1 is 1.47 bits per heavy atom. The van der Waals surface area contributed by atoms with Crippen molar-refractivity contribution >= 4 is 11.9 Å². The van der Waals surface area contributed by atoms with Crippen LogP contribution in [0.15, 0.2) is 0 Å². The molecule has 5 nitrogen and oxygen atoms in total. The highest BCUT2D eigenvalue weighted by Gasteiger charge is 2.27. The van der Waals surface area contributed by atoms with E-state index in [2.05, 4.69) is 5.32 Å². The summed E-state index contributed by atoms with van der Waals surface area (Å²) in [6.07, 6.45) is 2.75. The molecule has 1 saturated heterocycles. The first-order valence-corrected chi connectivity index (χ1v) is 7.24. The summed E-state index contributed by atoms with van der Waals surface area (Å²) in [5.41, 5.74) is 0. The second-order valence-corrected chi connectivity index (χ2v) is 5.42. The highest BCUT2D eigenvalue weighted by Crippen LogP contribution is 2.26. The Kier molecular flexibility index (Phi) is 6.84. The van der Waals surface area contributed by atoms with Crippen molar-refractivity contribution in [3.63, 3.8) is 0 Å². The molecule has 0 aliphatic carbocycles. The summed E-state index contributed by atoms with van der Waals surface area (Å²) in [4.78, 5) is 24.7. The Morgan fingerprint density at radius 3 is 2.84 bits per heavy atom. The summed E-state index contributed by atoms with van der Waals surface area (Å²) < 4.78 is 0. The zero-order chi connectivity index (χ0) is 14.3.